The van der Waals surface area contributed by atoms with Crippen LogP contribution in [0.15, 0.2) is 12.1 Å². The van der Waals surface area contributed by atoms with Gasteiger partial charge in [-0.3, -0.25) is 4.79 Å². The minimum atomic E-state index is -3.33. The standard InChI is InChI=1S/C17H19F3O4S/c1-16(2,15(21)24-5)8-17(19,20)12-6-9-11(25-12)7-10(22-3)14(23-4)13(9)18/h6-7H,8H2,1-5H3. The molecular formula is C17H19F3O4S. The van der Waals surface area contributed by atoms with Gasteiger partial charge in [-0.15, -0.1) is 11.3 Å². The summed E-state index contributed by atoms with van der Waals surface area (Å²) in [5, 5.41) is 0.0215. The molecule has 2 aromatic rings. The number of carbonyl (C=O) groups is 1. The van der Waals surface area contributed by atoms with Crippen molar-refractivity contribution in [2.45, 2.75) is 26.2 Å². The van der Waals surface area contributed by atoms with Crippen molar-refractivity contribution in [3.63, 3.8) is 0 Å². The van der Waals surface area contributed by atoms with Crippen LogP contribution in [-0.2, 0) is 15.5 Å². The summed E-state index contributed by atoms with van der Waals surface area (Å²) in [5.41, 5.74) is -1.39. The number of ether oxygens (including phenoxy) is 3. The van der Waals surface area contributed by atoms with Crippen LogP contribution in [-0.4, -0.2) is 27.3 Å². The molecule has 0 amide bonds. The quantitative estimate of drug-likeness (QED) is 0.683. The third kappa shape index (κ3) is 3.53. The van der Waals surface area contributed by atoms with Crippen molar-refractivity contribution in [3.05, 3.63) is 22.8 Å². The fourth-order valence-corrected chi connectivity index (χ4v) is 3.67. The molecule has 8 heteroatoms. The molecule has 0 saturated carbocycles. The molecule has 0 aliphatic heterocycles. The van der Waals surface area contributed by atoms with Crippen molar-refractivity contribution >= 4 is 27.4 Å². The molecule has 0 bridgehead atoms. The summed E-state index contributed by atoms with van der Waals surface area (Å²) >= 11 is 0.749. The maximum Gasteiger partial charge on any atom is 0.311 e. The van der Waals surface area contributed by atoms with Gasteiger partial charge in [-0.1, -0.05) is 0 Å². The van der Waals surface area contributed by atoms with Gasteiger partial charge in [-0.05, 0) is 19.9 Å². The van der Waals surface area contributed by atoms with E-state index in [1.165, 1.54) is 34.1 Å². The summed E-state index contributed by atoms with van der Waals surface area (Å²) in [5.74, 6) is -4.84. The van der Waals surface area contributed by atoms with E-state index in [1.807, 2.05) is 0 Å². The van der Waals surface area contributed by atoms with Crippen molar-refractivity contribution < 1.29 is 32.2 Å². The van der Waals surface area contributed by atoms with E-state index in [9.17, 15) is 18.0 Å². The highest BCUT2D eigenvalue weighted by Gasteiger charge is 2.44. The first-order valence-corrected chi connectivity index (χ1v) is 8.19. The van der Waals surface area contributed by atoms with Crippen molar-refractivity contribution in [3.8, 4) is 11.5 Å². The van der Waals surface area contributed by atoms with E-state index in [2.05, 4.69) is 4.74 Å². The van der Waals surface area contributed by atoms with E-state index in [4.69, 9.17) is 9.47 Å². The molecule has 0 aliphatic rings. The minimum absolute atomic E-state index is 0.0215. The number of carbonyl (C=O) groups excluding carboxylic acids is 1. The van der Waals surface area contributed by atoms with Gasteiger partial charge in [0, 0.05) is 22.6 Å². The average Bonchev–Trinajstić information content (AvgIpc) is 2.98. The molecule has 4 nitrogen and oxygen atoms in total. The number of rotatable bonds is 6. The van der Waals surface area contributed by atoms with Crippen LogP contribution >= 0.6 is 11.3 Å². The van der Waals surface area contributed by atoms with E-state index in [0.717, 1.165) is 24.5 Å². The summed E-state index contributed by atoms with van der Waals surface area (Å²) < 4.78 is 58.8. The van der Waals surface area contributed by atoms with E-state index in [1.54, 1.807) is 0 Å². The molecule has 0 saturated heterocycles. The molecule has 138 valence electrons. The van der Waals surface area contributed by atoms with Gasteiger partial charge >= 0.3 is 5.97 Å². The molecule has 0 radical (unpaired) electrons. The fraction of sp³-hybridized carbons (Fsp3) is 0.471. The molecule has 0 aliphatic carbocycles. The number of benzene rings is 1. The molecule has 0 unspecified atom stereocenters. The Morgan fingerprint density at radius 3 is 2.32 bits per heavy atom. The summed E-state index contributed by atoms with van der Waals surface area (Å²) in [6.07, 6.45) is -0.755. The number of halogens is 3. The van der Waals surface area contributed by atoms with Crippen LogP contribution in [0, 0.1) is 11.2 Å². The van der Waals surface area contributed by atoms with Crippen LogP contribution in [0.2, 0.25) is 0 Å². The highest BCUT2D eigenvalue weighted by molar-refractivity contribution is 7.19. The Kier molecular flexibility index (Phi) is 5.22. The SMILES string of the molecule is COC(=O)C(C)(C)CC(F)(F)c1cc2c(F)c(OC)c(OC)cc2s1. The van der Waals surface area contributed by atoms with Gasteiger partial charge in [0.1, 0.15) is 0 Å². The number of methoxy groups -OCH3 is 3. The monoisotopic (exact) mass is 376 g/mol. The summed E-state index contributed by atoms with van der Waals surface area (Å²) in [6.45, 7) is 2.76. The maximum atomic E-state index is 14.7. The van der Waals surface area contributed by atoms with Crippen LogP contribution in [0.4, 0.5) is 13.2 Å². The Bertz CT molecular complexity index is 799. The number of fused-ring (bicyclic) bond motifs is 1. The molecule has 1 aromatic carbocycles. The van der Waals surface area contributed by atoms with Gasteiger partial charge < -0.3 is 14.2 Å². The predicted molar refractivity (Wildman–Crippen MR) is 89.2 cm³/mol. The lowest BCUT2D eigenvalue weighted by Crippen LogP contribution is -2.32. The second-order valence-electron chi connectivity index (χ2n) is 6.21. The topological polar surface area (TPSA) is 44.8 Å². The Morgan fingerprint density at radius 1 is 1.16 bits per heavy atom. The second-order valence-corrected chi connectivity index (χ2v) is 7.29. The third-order valence-electron chi connectivity index (χ3n) is 3.87. The zero-order valence-corrected chi connectivity index (χ0v) is 15.4. The van der Waals surface area contributed by atoms with Crippen LogP contribution in [0.1, 0.15) is 25.1 Å². The van der Waals surface area contributed by atoms with Crippen molar-refractivity contribution in [2.75, 3.05) is 21.3 Å². The molecule has 0 fully saturated rings. The minimum Gasteiger partial charge on any atom is -0.493 e. The largest absolute Gasteiger partial charge is 0.493 e. The zero-order chi connectivity index (χ0) is 19.0. The Labute approximate surface area is 147 Å². The van der Waals surface area contributed by atoms with Gasteiger partial charge in [-0.2, -0.15) is 0 Å². The number of esters is 1. The molecule has 0 spiro atoms. The van der Waals surface area contributed by atoms with Crippen molar-refractivity contribution in [1.29, 1.82) is 0 Å². The zero-order valence-electron chi connectivity index (χ0n) is 14.5. The van der Waals surface area contributed by atoms with E-state index >= 15 is 0 Å². The predicted octanol–water partition coefficient (Wildman–Crippen LogP) is 4.74. The van der Waals surface area contributed by atoms with Crippen LogP contribution < -0.4 is 9.47 Å². The number of hydrogen-bond donors (Lipinski definition) is 0. The fourth-order valence-electron chi connectivity index (χ4n) is 2.61. The van der Waals surface area contributed by atoms with Gasteiger partial charge in [0.15, 0.2) is 17.3 Å². The molecule has 2 rings (SSSR count). The van der Waals surface area contributed by atoms with Crippen LogP contribution in [0.5, 0.6) is 11.5 Å². The molecule has 0 atom stereocenters. The highest BCUT2D eigenvalue weighted by atomic mass is 32.1. The lowest BCUT2D eigenvalue weighted by atomic mass is 9.86. The lowest BCUT2D eigenvalue weighted by molar-refractivity contribution is -0.156. The lowest BCUT2D eigenvalue weighted by Gasteiger charge is -2.26. The van der Waals surface area contributed by atoms with Gasteiger partial charge in [0.05, 0.1) is 31.6 Å². The van der Waals surface area contributed by atoms with E-state index in [0.29, 0.717) is 4.70 Å². The number of thiophene rings is 1. The maximum absolute atomic E-state index is 14.7. The summed E-state index contributed by atoms with van der Waals surface area (Å²) in [7, 11) is 3.76. The number of alkyl halides is 2. The van der Waals surface area contributed by atoms with E-state index < -0.39 is 29.5 Å². The van der Waals surface area contributed by atoms with Gasteiger partial charge in [0.2, 0.25) is 0 Å². The summed E-state index contributed by atoms with van der Waals surface area (Å²) in [4.78, 5) is 11.4. The van der Waals surface area contributed by atoms with E-state index in [-0.39, 0.29) is 21.8 Å². The normalized spacial score (nSPS) is 12.3. The Morgan fingerprint density at radius 2 is 1.80 bits per heavy atom. The molecule has 1 heterocycles. The molecule has 1 aromatic heterocycles. The summed E-state index contributed by atoms with van der Waals surface area (Å²) in [6, 6.07) is 2.54. The molecule has 0 N–H and O–H groups in total. The number of hydrogen-bond acceptors (Lipinski definition) is 5. The highest BCUT2D eigenvalue weighted by Crippen LogP contribution is 2.47. The van der Waals surface area contributed by atoms with Gasteiger partial charge in [-0.25, -0.2) is 13.2 Å². The smallest absolute Gasteiger partial charge is 0.311 e. The molecular weight excluding hydrogens is 357 g/mol. The Hall–Kier alpha value is -1.96. The van der Waals surface area contributed by atoms with Crippen molar-refractivity contribution in [2.24, 2.45) is 5.41 Å². The van der Waals surface area contributed by atoms with Gasteiger partial charge in [0.25, 0.3) is 5.92 Å². The molecule has 25 heavy (non-hydrogen) atoms. The van der Waals surface area contributed by atoms with Crippen molar-refractivity contribution in [1.82, 2.24) is 0 Å². The first kappa shape index (κ1) is 19.4. The third-order valence-corrected chi connectivity index (χ3v) is 5.06. The average molecular weight is 376 g/mol. The van der Waals surface area contributed by atoms with Crippen LogP contribution in [0.25, 0.3) is 10.1 Å². The first-order chi connectivity index (χ1) is 11.6. The first-order valence-electron chi connectivity index (χ1n) is 7.38. The van der Waals surface area contributed by atoms with Crippen LogP contribution in [0.3, 0.4) is 0 Å². The second kappa shape index (κ2) is 6.74. The Balaban J connectivity index is 2.50.